The number of halogens is 1. The summed E-state index contributed by atoms with van der Waals surface area (Å²) in [5.74, 6) is 0.271. The monoisotopic (exact) mass is 412 g/mol. The molecule has 6 nitrogen and oxygen atoms in total. The smallest absolute Gasteiger partial charge is 0.293 e. The SMILES string of the molecule is Cc1ccc(S(=O)(=O)Cc2ccc(-c3nc(-c4ccc(F)cc4)no3)o2)c(C)c1. The van der Waals surface area contributed by atoms with Crippen molar-refractivity contribution < 1.29 is 21.7 Å². The molecule has 0 fully saturated rings. The summed E-state index contributed by atoms with van der Waals surface area (Å²) in [6, 6.07) is 14.0. The number of nitrogens with zero attached hydrogens (tertiary/aromatic N) is 2. The Balaban J connectivity index is 1.56. The van der Waals surface area contributed by atoms with Gasteiger partial charge in [0.05, 0.1) is 4.90 Å². The Kier molecular flexibility index (Phi) is 4.79. The van der Waals surface area contributed by atoms with E-state index in [0.29, 0.717) is 11.1 Å². The third-order valence-electron chi connectivity index (χ3n) is 4.40. The van der Waals surface area contributed by atoms with Crippen LogP contribution >= 0.6 is 0 Å². The molecule has 0 N–H and O–H groups in total. The zero-order chi connectivity index (χ0) is 20.6. The molecule has 0 saturated carbocycles. The number of rotatable bonds is 5. The fourth-order valence-corrected chi connectivity index (χ4v) is 4.53. The minimum atomic E-state index is -3.57. The van der Waals surface area contributed by atoms with Gasteiger partial charge in [0.1, 0.15) is 17.3 Å². The molecule has 2 heterocycles. The maximum atomic E-state index is 13.0. The summed E-state index contributed by atoms with van der Waals surface area (Å²) in [6.07, 6.45) is 0. The molecule has 8 heteroatoms. The minimum Gasteiger partial charge on any atom is -0.455 e. The molecule has 0 aliphatic carbocycles. The Morgan fingerprint density at radius 1 is 1.00 bits per heavy atom. The molecule has 0 aliphatic heterocycles. The maximum Gasteiger partial charge on any atom is 0.293 e. The largest absolute Gasteiger partial charge is 0.455 e. The van der Waals surface area contributed by atoms with Gasteiger partial charge in [0.25, 0.3) is 5.89 Å². The van der Waals surface area contributed by atoms with Gasteiger partial charge < -0.3 is 8.94 Å². The van der Waals surface area contributed by atoms with Crippen LogP contribution in [0.3, 0.4) is 0 Å². The van der Waals surface area contributed by atoms with Crippen molar-refractivity contribution in [2.75, 3.05) is 0 Å². The fourth-order valence-electron chi connectivity index (χ4n) is 3.02. The fraction of sp³-hybridized carbons (Fsp3) is 0.143. The van der Waals surface area contributed by atoms with Crippen LogP contribution in [-0.4, -0.2) is 18.6 Å². The maximum absolute atomic E-state index is 13.0. The van der Waals surface area contributed by atoms with E-state index in [9.17, 15) is 12.8 Å². The van der Waals surface area contributed by atoms with Crippen molar-refractivity contribution in [2.24, 2.45) is 0 Å². The summed E-state index contributed by atoms with van der Waals surface area (Å²) in [4.78, 5) is 4.50. The number of aryl methyl sites for hydroxylation is 2. The Labute approximate surface area is 166 Å². The number of furan rings is 1. The van der Waals surface area contributed by atoms with Gasteiger partial charge in [0, 0.05) is 5.56 Å². The van der Waals surface area contributed by atoms with E-state index in [1.165, 1.54) is 24.3 Å². The predicted octanol–water partition coefficient (Wildman–Crippen LogP) is 4.73. The molecule has 0 radical (unpaired) electrons. The van der Waals surface area contributed by atoms with Crippen molar-refractivity contribution in [3.8, 4) is 23.0 Å². The topological polar surface area (TPSA) is 86.2 Å². The van der Waals surface area contributed by atoms with E-state index in [1.807, 2.05) is 13.0 Å². The molecule has 0 spiro atoms. The normalized spacial score (nSPS) is 11.7. The third-order valence-corrected chi connectivity index (χ3v) is 6.19. The van der Waals surface area contributed by atoms with Gasteiger partial charge in [-0.2, -0.15) is 4.98 Å². The van der Waals surface area contributed by atoms with Gasteiger partial charge in [-0.25, -0.2) is 12.8 Å². The van der Waals surface area contributed by atoms with Crippen LogP contribution < -0.4 is 0 Å². The molecular weight excluding hydrogens is 395 g/mol. The zero-order valence-electron chi connectivity index (χ0n) is 15.7. The van der Waals surface area contributed by atoms with Gasteiger partial charge >= 0.3 is 0 Å². The lowest BCUT2D eigenvalue weighted by Gasteiger charge is -2.07. The molecule has 4 aromatic rings. The third kappa shape index (κ3) is 3.97. The van der Waals surface area contributed by atoms with E-state index >= 15 is 0 Å². The van der Waals surface area contributed by atoms with E-state index in [1.54, 1.807) is 31.2 Å². The van der Waals surface area contributed by atoms with Gasteiger partial charge in [0.15, 0.2) is 15.6 Å². The molecule has 0 atom stereocenters. The second kappa shape index (κ2) is 7.29. The molecule has 2 aromatic carbocycles. The summed E-state index contributed by atoms with van der Waals surface area (Å²) >= 11 is 0. The Hall–Kier alpha value is -3.26. The van der Waals surface area contributed by atoms with Crippen molar-refractivity contribution in [1.82, 2.24) is 10.1 Å². The molecule has 148 valence electrons. The summed E-state index contributed by atoms with van der Waals surface area (Å²) < 4.78 is 49.4. The van der Waals surface area contributed by atoms with Crippen LogP contribution in [0.5, 0.6) is 0 Å². The van der Waals surface area contributed by atoms with Crippen LogP contribution in [0.2, 0.25) is 0 Å². The molecule has 2 aromatic heterocycles. The number of benzene rings is 2. The number of aromatic nitrogens is 2. The van der Waals surface area contributed by atoms with Crippen LogP contribution in [0.25, 0.3) is 23.0 Å². The molecule has 0 unspecified atom stereocenters. The van der Waals surface area contributed by atoms with Crippen LogP contribution in [0.15, 0.2) is 68.4 Å². The van der Waals surface area contributed by atoms with E-state index < -0.39 is 9.84 Å². The average Bonchev–Trinajstić information content (AvgIpc) is 3.31. The Bertz CT molecular complexity index is 1270. The second-order valence-corrected chi connectivity index (χ2v) is 8.68. The van der Waals surface area contributed by atoms with E-state index in [0.717, 1.165) is 5.56 Å². The minimum absolute atomic E-state index is 0.111. The molecule has 0 amide bonds. The van der Waals surface area contributed by atoms with Crippen LogP contribution in [0.4, 0.5) is 4.39 Å². The molecule has 29 heavy (non-hydrogen) atoms. The van der Waals surface area contributed by atoms with Crippen molar-refractivity contribution >= 4 is 9.84 Å². The first-order valence-electron chi connectivity index (χ1n) is 8.80. The van der Waals surface area contributed by atoms with E-state index in [4.69, 9.17) is 8.94 Å². The van der Waals surface area contributed by atoms with Gasteiger partial charge in [-0.3, -0.25) is 0 Å². The summed E-state index contributed by atoms with van der Waals surface area (Å²) in [7, 11) is -3.57. The van der Waals surface area contributed by atoms with Crippen molar-refractivity contribution in [3.05, 3.63) is 77.3 Å². The van der Waals surface area contributed by atoms with Crippen molar-refractivity contribution in [1.29, 1.82) is 0 Å². The number of hydrogen-bond donors (Lipinski definition) is 0. The number of sulfone groups is 1. The predicted molar refractivity (Wildman–Crippen MR) is 104 cm³/mol. The number of hydrogen-bond acceptors (Lipinski definition) is 6. The van der Waals surface area contributed by atoms with Crippen molar-refractivity contribution in [2.45, 2.75) is 24.5 Å². The highest BCUT2D eigenvalue weighted by molar-refractivity contribution is 7.90. The first kappa shape index (κ1) is 19.1. The molecule has 0 saturated heterocycles. The Morgan fingerprint density at radius 2 is 1.76 bits per heavy atom. The molecule has 0 bridgehead atoms. The lowest BCUT2D eigenvalue weighted by atomic mass is 10.2. The first-order chi connectivity index (χ1) is 13.8. The Morgan fingerprint density at radius 3 is 2.48 bits per heavy atom. The van der Waals surface area contributed by atoms with Crippen molar-refractivity contribution in [3.63, 3.8) is 0 Å². The van der Waals surface area contributed by atoms with Gasteiger partial charge in [-0.05, 0) is 61.9 Å². The van der Waals surface area contributed by atoms with Gasteiger partial charge in [0.2, 0.25) is 5.82 Å². The summed E-state index contributed by atoms with van der Waals surface area (Å²) in [5.41, 5.74) is 2.28. The highest BCUT2D eigenvalue weighted by Gasteiger charge is 2.21. The van der Waals surface area contributed by atoms with Crippen LogP contribution in [-0.2, 0) is 15.6 Å². The van der Waals surface area contributed by atoms with Gasteiger partial charge in [-0.1, -0.05) is 22.9 Å². The molecular formula is C21H17FN2O4S. The molecule has 0 aliphatic rings. The van der Waals surface area contributed by atoms with E-state index in [2.05, 4.69) is 10.1 Å². The zero-order valence-corrected chi connectivity index (χ0v) is 16.5. The lowest BCUT2D eigenvalue weighted by Crippen LogP contribution is -2.06. The average molecular weight is 412 g/mol. The summed E-state index contributed by atoms with van der Waals surface area (Å²) in [6.45, 7) is 3.68. The highest BCUT2D eigenvalue weighted by Crippen LogP contribution is 2.27. The van der Waals surface area contributed by atoms with E-state index in [-0.39, 0.29) is 39.7 Å². The first-order valence-corrected chi connectivity index (χ1v) is 10.5. The lowest BCUT2D eigenvalue weighted by molar-refractivity contribution is 0.413. The van der Waals surface area contributed by atoms with Gasteiger partial charge in [-0.15, -0.1) is 0 Å². The second-order valence-electron chi connectivity index (χ2n) is 6.72. The molecule has 4 rings (SSSR count). The highest BCUT2D eigenvalue weighted by atomic mass is 32.2. The standard InChI is InChI=1S/C21H17FN2O4S/c1-13-3-10-19(14(2)11-13)29(25,26)12-17-8-9-18(27-17)21-23-20(24-28-21)15-4-6-16(22)7-5-15/h3-11H,12H2,1-2H3. The quantitative estimate of drug-likeness (QED) is 0.471. The summed E-state index contributed by atoms with van der Waals surface area (Å²) in [5, 5.41) is 3.86. The van der Waals surface area contributed by atoms with Crippen LogP contribution in [0, 0.1) is 19.7 Å². The van der Waals surface area contributed by atoms with Crippen LogP contribution in [0.1, 0.15) is 16.9 Å².